The highest BCUT2D eigenvalue weighted by Gasteiger charge is 2.22. The van der Waals surface area contributed by atoms with Crippen molar-refractivity contribution in [2.75, 3.05) is 0 Å². The Morgan fingerprint density at radius 3 is 2.89 bits per heavy atom. The maximum absolute atomic E-state index is 5.76. The van der Waals surface area contributed by atoms with E-state index >= 15 is 0 Å². The third-order valence-corrected chi connectivity index (χ3v) is 3.09. The Morgan fingerprint density at radius 1 is 1.26 bits per heavy atom. The van der Waals surface area contributed by atoms with E-state index in [1.807, 2.05) is 31.2 Å². The molecular formula is C14H12ClN3O. The SMILES string of the molecule is Cc1cccc(C2=NOC(c3ccc(Cl)nc3)N2)c1. The molecule has 1 aliphatic rings. The van der Waals surface area contributed by atoms with Gasteiger partial charge in [0, 0.05) is 17.3 Å². The Balaban J connectivity index is 1.78. The summed E-state index contributed by atoms with van der Waals surface area (Å²) in [5, 5.41) is 7.75. The molecular weight excluding hydrogens is 262 g/mol. The minimum absolute atomic E-state index is 0.319. The normalized spacial score (nSPS) is 17.6. The summed E-state index contributed by atoms with van der Waals surface area (Å²) >= 11 is 5.76. The average molecular weight is 274 g/mol. The topological polar surface area (TPSA) is 46.5 Å². The molecule has 0 amide bonds. The van der Waals surface area contributed by atoms with Crippen LogP contribution < -0.4 is 5.32 Å². The van der Waals surface area contributed by atoms with Gasteiger partial charge in [-0.15, -0.1) is 0 Å². The maximum atomic E-state index is 5.76. The molecule has 5 heteroatoms. The highest BCUT2D eigenvalue weighted by molar-refractivity contribution is 6.29. The van der Waals surface area contributed by atoms with E-state index in [-0.39, 0.29) is 6.23 Å². The molecule has 2 aromatic rings. The molecule has 0 aliphatic carbocycles. The van der Waals surface area contributed by atoms with Gasteiger partial charge in [0.15, 0.2) is 5.84 Å². The van der Waals surface area contributed by atoms with Gasteiger partial charge in [-0.05, 0) is 25.1 Å². The van der Waals surface area contributed by atoms with Gasteiger partial charge < -0.3 is 10.2 Å². The lowest BCUT2D eigenvalue weighted by atomic mass is 10.1. The molecule has 0 bridgehead atoms. The molecule has 2 heterocycles. The van der Waals surface area contributed by atoms with Crippen LogP contribution in [0.5, 0.6) is 0 Å². The monoisotopic (exact) mass is 273 g/mol. The van der Waals surface area contributed by atoms with Crippen LogP contribution in [0.1, 0.15) is 22.9 Å². The molecule has 0 radical (unpaired) electrons. The lowest BCUT2D eigenvalue weighted by Gasteiger charge is -2.09. The lowest BCUT2D eigenvalue weighted by Crippen LogP contribution is -2.23. The van der Waals surface area contributed by atoms with Crippen LogP contribution in [0.15, 0.2) is 47.8 Å². The number of aromatic nitrogens is 1. The molecule has 3 rings (SSSR count). The van der Waals surface area contributed by atoms with Crippen LogP contribution in [-0.4, -0.2) is 10.8 Å². The van der Waals surface area contributed by atoms with Crippen molar-refractivity contribution in [2.45, 2.75) is 13.2 Å². The summed E-state index contributed by atoms with van der Waals surface area (Å²) in [6.45, 7) is 2.04. The van der Waals surface area contributed by atoms with E-state index in [0.717, 1.165) is 17.0 Å². The molecule has 0 saturated heterocycles. The number of nitrogens with zero attached hydrogens (tertiary/aromatic N) is 2. The van der Waals surface area contributed by atoms with Crippen LogP contribution in [0.2, 0.25) is 5.15 Å². The summed E-state index contributed by atoms with van der Waals surface area (Å²) in [6.07, 6.45) is 1.36. The third kappa shape index (κ3) is 2.53. The number of hydrogen-bond acceptors (Lipinski definition) is 4. The number of rotatable bonds is 2. The van der Waals surface area contributed by atoms with Crippen molar-refractivity contribution >= 4 is 17.4 Å². The van der Waals surface area contributed by atoms with Gasteiger partial charge in [0.25, 0.3) is 0 Å². The highest BCUT2D eigenvalue weighted by atomic mass is 35.5. The van der Waals surface area contributed by atoms with E-state index in [9.17, 15) is 0 Å². The van der Waals surface area contributed by atoms with Gasteiger partial charge in [-0.2, -0.15) is 0 Å². The minimum atomic E-state index is -0.319. The molecule has 4 nitrogen and oxygen atoms in total. The predicted molar refractivity (Wildman–Crippen MR) is 73.9 cm³/mol. The largest absolute Gasteiger partial charge is 0.363 e. The zero-order valence-corrected chi connectivity index (χ0v) is 11.1. The van der Waals surface area contributed by atoms with Gasteiger partial charge in [0.1, 0.15) is 5.15 Å². The molecule has 1 aromatic heterocycles. The Hall–Kier alpha value is -2.07. The first kappa shape index (κ1) is 12.0. The van der Waals surface area contributed by atoms with E-state index in [4.69, 9.17) is 16.4 Å². The summed E-state index contributed by atoms with van der Waals surface area (Å²) in [4.78, 5) is 9.41. The zero-order valence-electron chi connectivity index (χ0n) is 10.3. The van der Waals surface area contributed by atoms with Crippen molar-refractivity contribution in [3.05, 3.63) is 64.4 Å². The van der Waals surface area contributed by atoms with Crippen LogP contribution >= 0.6 is 11.6 Å². The summed E-state index contributed by atoms with van der Waals surface area (Å²) in [6, 6.07) is 11.7. The molecule has 1 atom stereocenters. The van der Waals surface area contributed by atoms with Gasteiger partial charge in [-0.1, -0.05) is 40.5 Å². The quantitative estimate of drug-likeness (QED) is 0.856. The molecule has 0 saturated carbocycles. The van der Waals surface area contributed by atoms with Crippen LogP contribution in [0.3, 0.4) is 0 Å². The number of aryl methyl sites for hydroxylation is 1. The van der Waals surface area contributed by atoms with Crippen molar-refractivity contribution in [1.29, 1.82) is 0 Å². The minimum Gasteiger partial charge on any atom is -0.363 e. The van der Waals surface area contributed by atoms with E-state index in [1.165, 1.54) is 5.56 Å². The van der Waals surface area contributed by atoms with Crippen LogP contribution in [-0.2, 0) is 4.84 Å². The van der Waals surface area contributed by atoms with E-state index in [0.29, 0.717) is 5.15 Å². The van der Waals surface area contributed by atoms with Gasteiger partial charge in [0.2, 0.25) is 6.23 Å². The smallest absolute Gasteiger partial charge is 0.226 e. The second kappa shape index (κ2) is 4.90. The molecule has 96 valence electrons. The van der Waals surface area contributed by atoms with Crippen LogP contribution in [0.4, 0.5) is 0 Å². The first-order valence-corrected chi connectivity index (χ1v) is 6.29. The molecule has 1 N–H and O–H groups in total. The fourth-order valence-electron chi connectivity index (χ4n) is 1.90. The van der Waals surface area contributed by atoms with Gasteiger partial charge in [-0.3, -0.25) is 0 Å². The van der Waals surface area contributed by atoms with Crippen molar-refractivity contribution in [3.8, 4) is 0 Å². The summed E-state index contributed by atoms with van der Waals surface area (Å²) < 4.78 is 0. The Morgan fingerprint density at radius 2 is 2.16 bits per heavy atom. The van der Waals surface area contributed by atoms with Gasteiger partial charge in [-0.25, -0.2) is 4.98 Å². The molecule has 1 unspecified atom stereocenters. The second-order valence-electron chi connectivity index (χ2n) is 4.35. The van der Waals surface area contributed by atoms with Gasteiger partial charge >= 0.3 is 0 Å². The average Bonchev–Trinajstić information content (AvgIpc) is 2.89. The molecule has 1 aromatic carbocycles. The maximum Gasteiger partial charge on any atom is 0.226 e. The van der Waals surface area contributed by atoms with E-state index in [2.05, 4.69) is 21.5 Å². The number of benzene rings is 1. The Kier molecular flexibility index (Phi) is 3.09. The summed E-state index contributed by atoms with van der Waals surface area (Å²) in [5.74, 6) is 0.726. The highest BCUT2D eigenvalue weighted by Crippen LogP contribution is 2.21. The fourth-order valence-corrected chi connectivity index (χ4v) is 2.01. The summed E-state index contributed by atoms with van der Waals surface area (Å²) in [7, 11) is 0. The Labute approximate surface area is 116 Å². The number of oxime groups is 1. The van der Waals surface area contributed by atoms with Gasteiger partial charge in [0.05, 0.1) is 0 Å². The van der Waals surface area contributed by atoms with E-state index in [1.54, 1.807) is 12.3 Å². The number of halogens is 1. The standard InChI is InChI=1S/C14H12ClN3O/c1-9-3-2-4-10(7-9)13-17-14(19-18-13)11-5-6-12(15)16-8-11/h2-8,14H,1H3,(H,17,18). The molecule has 19 heavy (non-hydrogen) atoms. The van der Waals surface area contributed by atoms with Crippen molar-refractivity contribution in [1.82, 2.24) is 10.3 Å². The molecule has 0 spiro atoms. The molecule has 0 fully saturated rings. The van der Waals surface area contributed by atoms with Crippen LogP contribution in [0, 0.1) is 6.92 Å². The fraction of sp³-hybridized carbons (Fsp3) is 0.143. The van der Waals surface area contributed by atoms with Crippen molar-refractivity contribution in [3.63, 3.8) is 0 Å². The first-order chi connectivity index (χ1) is 9.22. The van der Waals surface area contributed by atoms with Crippen molar-refractivity contribution < 1.29 is 4.84 Å². The molecule has 1 aliphatic heterocycles. The third-order valence-electron chi connectivity index (χ3n) is 2.86. The predicted octanol–water partition coefficient (Wildman–Crippen LogP) is 3.02. The number of hydrogen-bond donors (Lipinski definition) is 1. The number of amidine groups is 1. The lowest BCUT2D eigenvalue weighted by molar-refractivity contribution is 0.0727. The number of nitrogens with one attached hydrogen (secondary N) is 1. The number of pyridine rings is 1. The zero-order chi connectivity index (χ0) is 13.2. The van der Waals surface area contributed by atoms with Crippen molar-refractivity contribution in [2.24, 2.45) is 5.16 Å². The van der Waals surface area contributed by atoms with E-state index < -0.39 is 0 Å². The van der Waals surface area contributed by atoms with Crippen LogP contribution in [0.25, 0.3) is 0 Å². The second-order valence-corrected chi connectivity index (χ2v) is 4.74. The summed E-state index contributed by atoms with van der Waals surface area (Å²) in [5.41, 5.74) is 3.07. The Bertz CT molecular complexity index is 625. The first-order valence-electron chi connectivity index (χ1n) is 5.91.